The number of carbonyl (C=O) groups excluding carboxylic acids is 2. The fraction of sp³-hybridized carbons (Fsp3) is 0.281. The summed E-state index contributed by atoms with van der Waals surface area (Å²) in [5, 5.41) is 16.6. The minimum Gasteiger partial charge on any atom is -0.478 e. The molecule has 0 radical (unpaired) electrons. The molecule has 4 aromatic rings. The van der Waals surface area contributed by atoms with Crippen molar-refractivity contribution in [3.63, 3.8) is 0 Å². The van der Waals surface area contributed by atoms with Gasteiger partial charge in [0.1, 0.15) is 0 Å². The first-order chi connectivity index (χ1) is 21.4. The smallest absolute Gasteiger partial charge is 0.338 e. The molecule has 5 heterocycles. The van der Waals surface area contributed by atoms with Gasteiger partial charge in [0, 0.05) is 49.2 Å². The molecule has 0 spiro atoms. The van der Waals surface area contributed by atoms with E-state index < -0.39 is 11.9 Å². The summed E-state index contributed by atoms with van der Waals surface area (Å²) in [4.78, 5) is 56.4. The Balaban J connectivity index is 1.09. The van der Waals surface area contributed by atoms with Gasteiger partial charge < -0.3 is 15.3 Å². The molecular weight excluding hydrogens is 578 g/mol. The maximum Gasteiger partial charge on any atom is 0.338 e. The predicted octanol–water partition coefficient (Wildman–Crippen LogP) is 4.68. The lowest BCUT2D eigenvalue weighted by Crippen LogP contribution is -2.38. The third kappa shape index (κ3) is 6.17. The van der Waals surface area contributed by atoms with Gasteiger partial charge in [-0.3, -0.25) is 24.9 Å². The van der Waals surface area contributed by atoms with E-state index in [9.17, 15) is 19.5 Å². The molecule has 3 aromatic heterocycles. The maximum absolute atomic E-state index is 12.5. The third-order valence-electron chi connectivity index (χ3n) is 7.98. The first-order valence-electron chi connectivity index (χ1n) is 14.5. The van der Waals surface area contributed by atoms with Crippen molar-refractivity contribution in [2.24, 2.45) is 5.92 Å². The fourth-order valence-corrected chi connectivity index (χ4v) is 6.45. The van der Waals surface area contributed by atoms with Gasteiger partial charge in [-0.1, -0.05) is 25.1 Å². The average Bonchev–Trinajstić information content (AvgIpc) is 3.36. The Kier molecular flexibility index (Phi) is 8.62. The topological polar surface area (TPSA) is 150 Å². The highest BCUT2D eigenvalue weighted by Gasteiger charge is 2.26. The molecule has 11 nitrogen and oxygen atoms in total. The van der Waals surface area contributed by atoms with Crippen molar-refractivity contribution < 1.29 is 19.5 Å². The van der Waals surface area contributed by atoms with Crippen LogP contribution in [-0.2, 0) is 17.8 Å². The van der Waals surface area contributed by atoms with Crippen molar-refractivity contribution in [2.45, 2.75) is 32.7 Å². The summed E-state index contributed by atoms with van der Waals surface area (Å²) in [6.45, 7) is 4.88. The SMILES string of the molecule is CCc1c(CNCC2CCN(c3nccc(C=C4SC(=O)NC4=O)n3)CC2)cnc(-c2ccnc3ccccc23)c1C(=O)O. The minimum atomic E-state index is -0.985. The molecule has 3 N–H and O–H groups in total. The Morgan fingerprint density at radius 3 is 2.66 bits per heavy atom. The maximum atomic E-state index is 12.5. The number of amides is 2. The quantitative estimate of drug-likeness (QED) is 0.227. The Morgan fingerprint density at radius 2 is 1.91 bits per heavy atom. The molecule has 224 valence electrons. The van der Waals surface area contributed by atoms with E-state index >= 15 is 0 Å². The second-order valence-electron chi connectivity index (χ2n) is 10.7. The number of nitrogens with one attached hydrogen (secondary N) is 2. The Hall–Kier alpha value is -4.68. The van der Waals surface area contributed by atoms with Gasteiger partial charge in [-0.25, -0.2) is 14.8 Å². The molecule has 1 aromatic carbocycles. The summed E-state index contributed by atoms with van der Waals surface area (Å²) in [6, 6.07) is 11.2. The lowest BCUT2D eigenvalue weighted by atomic mass is 9.93. The van der Waals surface area contributed by atoms with Gasteiger partial charge in [0.15, 0.2) is 0 Å². The number of nitrogens with zero attached hydrogens (tertiary/aromatic N) is 5. The molecule has 12 heteroatoms. The van der Waals surface area contributed by atoms with Crippen LogP contribution in [0.1, 0.15) is 46.9 Å². The zero-order valence-corrected chi connectivity index (χ0v) is 24.9. The number of aromatic carboxylic acids is 1. The zero-order valence-electron chi connectivity index (χ0n) is 24.1. The van der Waals surface area contributed by atoms with E-state index in [0.29, 0.717) is 41.1 Å². The molecule has 6 rings (SSSR count). The van der Waals surface area contributed by atoms with Gasteiger partial charge >= 0.3 is 5.97 Å². The molecule has 0 atom stereocenters. The zero-order chi connectivity index (χ0) is 30.6. The first-order valence-corrected chi connectivity index (χ1v) is 15.3. The highest BCUT2D eigenvalue weighted by atomic mass is 32.2. The molecule has 0 bridgehead atoms. The standard InChI is InChI=1S/C32H31N7O4S/c1-2-22-20(18-36-28(27(22)30(41)42)24-8-12-34-25-6-4-3-5-23(24)25)17-33-16-19-9-13-39(14-10-19)31-35-11-7-21(37-31)15-26-29(40)38-32(43)44-26/h3-8,11-12,15,18-19,33H,2,9-10,13-14,16-17H2,1H3,(H,41,42)(H,38,40,43). The number of benzene rings is 1. The van der Waals surface area contributed by atoms with E-state index in [4.69, 9.17) is 0 Å². The molecule has 2 aliphatic rings. The van der Waals surface area contributed by atoms with Crippen molar-refractivity contribution in [2.75, 3.05) is 24.5 Å². The van der Waals surface area contributed by atoms with Crippen molar-refractivity contribution >= 4 is 51.8 Å². The van der Waals surface area contributed by atoms with E-state index in [1.165, 1.54) is 0 Å². The van der Waals surface area contributed by atoms with Gasteiger partial charge in [-0.05, 0) is 78.9 Å². The number of imide groups is 1. The number of anilines is 1. The lowest BCUT2D eigenvalue weighted by Gasteiger charge is -2.32. The average molecular weight is 610 g/mol. The van der Waals surface area contributed by atoms with E-state index in [1.54, 1.807) is 30.7 Å². The van der Waals surface area contributed by atoms with Gasteiger partial charge in [0.2, 0.25) is 5.95 Å². The van der Waals surface area contributed by atoms with Crippen molar-refractivity contribution in [1.82, 2.24) is 30.6 Å². The van der Waals surface area contributed by atoms with Crippen LogP contribution in [-0.4, -0.2) is 61.8 Å². The van der Waals surface area contributed by atoms with Crippen LogP contribution in [0.15, 0.2) is 59.9 Å². The Morgan fingerprint density at radius 1 is 1.11 bits per heavy atom. The van der Waals surface area contributed by atoms with Gasteiger partial charge in [0.25, 0.3) is 11.1 Å². The minimum absolute atomic E-state index is 0.244. The number of para-hydroxylation sites is 1. The molecule has 0 saturated carbocycles. The Bertz CT molecular complexity index is 1780. The molecule has 2 amide bonds. The summed E-state index contributed by atoms with van der Waals surface area (Å²) < 4.78 is 0. The number of aromatic nitrogens is 4. The largest absolute Gasteiger partial charge is 0.478 e. The molecule has 2 saturated heterocycles. The van der Waals surface area contributed by atoms with Crippen molar-refractivity contribution in [3.8, 4) is 11.3 Å². The summed E-state index contributed by atoms with van der Waals surface area (Å²) in [5.74, 6) is -0.350. The Labute approximate surface area is 258 Å². The van der Waals surface area contributed by atoms with Crippen molar-refractivity contribution in [3.05, 3.63) is 82.3 Å². The summed E-state index contributed by atoms with van der Waals surface area (Å²) >= 11 is 0.866. The molecule has 0 unspecified atom stereocenters. The molecular formula is C32H31N7O4S. The monoisotopic (exact) mass is 609 g/mol. The first kappa shape index (κ1) is 29.4. The van der Waals surface area contributed by atoms with E-state index in [1.807, 2.05) is 37.3 Å². The third-order valence-corrected chi connectivity index (χ3v) is 8.79. The van der Waals surface area contributed by atoms with Crippen LogP contribution in [0.3, 0.4) is 0 Å². The number of carboxylic acid groups (broad SMARTS) is 1. The number of hydrogen-bond acceptors (Lipinski definition) is 10. The van der Waals surface area contributed by atoms with Crippen LogP contribution < -0.4 is 15.5 Å². The van der Waals surface area contributed by atoms with Crippen molar-refractivity contribution in [1.29, 1.82) is 0 Å². The number of piperidine rings is 1. The van der Waals surface area contributed by atoms with E-state index in [0.717, 1.165) is 71.8 Å². The molecule has 44 heavy (non-hydrogen) atoms. The predicted molar refractivity (Wildman–Crippen MR) is 169 cm³/mol. The number of pyridine rings is 2. The number of carbonyl (C=O) groups is 3. The van der Waals surface area contributed by atoms with Crippen LogP contribution in [0.4, 0.5) is 10.7 Å². The lowest BCUT2D eigenvalue weighted by molar-refractivity contribution is -0.115. The second-order valence-corrected chi connectivity index (χ2v) is 11.7. The number of rotatable bonds is 9. The van der Waals surface area contributed by atoms with Crippen LogP contribution in [0.2, 0.25) is 0 Å². The molecule has 2 fully saturated rings. The van der Waals surface area contributed by atoms with Crippen LogP contribution >= 0.6 is 11.8 Å². The summed E-state index contributed by atoms with van der Waals surface area (Å²) in [5.41, 5.74) is 4.52. The summed E-state index contributed by atoms with van der Waals surface area (Å²) in [7, 11) is 0. The number of hydrogen-bond donors (Lipinski definition) is 3. The van der Waals surface area contributed by atoms with E-state index in [2.05, 4.69) is 35.5 Å². The van der Waals surface area contributed by atoms with Crippen LogP contribution in [0, 0.1) is 5.92 Å². The normalized spacial score (nSPS) is 16.6. The fourth-order valence-electron chi connectivity index (χ4n) is 5.78. The van der Waals surface area contributed by atoms with Gasteiger partial charge in [-0.2, -0.15) is 0 Å². The van der Waals surface area contributed by atoms with Crippen LogP contribution in [0.5, 0.6) is 0 Å². The second kappa shape index (κ2) is 12.9. The highest BCUT2D eigenvalue weighted by Crippen LogP contribution is 2.32. The molecule has 2 aliphatic heterocycles. The number of thioether (sulfide) groups is 1. The molecule has 0 aliphatic carbocycles. The number of carboxylic acids is 1. The van der Waals surface area contributed by atoms with Gasteiger partial charge in [0.05, 0.1) is 27.4 Å². The summed E-state index contributed by atoms with van der Waals surface area (Å²) in [6.07, 6.45) is 9.22. The van der Waals surface area contributed by atoms with Gasteiger partial charge in [-0.15, -0.1) is 0 Å². The van der Waals surface area contributed by atoms with E-state index in [-0.39, 0.29) is 10.8 Å². The van der Waals surface area contributed by atoms with Crippen LogP contribution in [0.25, 0.3) is 28.2 Å². The highest BCUT2D eigenvalue weighted by molar-refractivity contribution is 8.18. The number of fused-ring (bicyclic) bond motifs is 1.